The van der Waals surface area contributed by atoms with Gasteiger partial charge in [-0.25, -0.2) is 4.98 Å². The summed E-state index contributed by atoms with van der Waals surface area (Å²) in [4.78, 5) is 18.6. The summed E-state index contributed by atoms with van der Waals surface area (Å²) >= 11 is 0. The van der Waals surface area contributed by atoms with Gasteiger partial charge in [0.05, 0.1) is 17.4 Å². The zero-order chi connectivity index (χ0) is 16.4. The minimum Gasteiger partial charge on any atom is -0.363 e. The van der Waals surface area contributed by atoms with E-state index >= 15 is 0 Å². The van der Waals surface area contributed by atoms with Gasteiger partial charge >= 0.3 is 0 Å². The fraction of sp³-hybridized carbons (Fsp3) is 0.444. The number of amides is 1. The zero-order valence-electron chi connectivity index (χ0n) is 13.8. The highest BCUT2D eigenvalue weighted by molar-refractivity contribution is 5.90. The van der Waals surface area contributed by atoms with Gasteiger partial charge in [0.15, 0.2) is 5.82 Å². The normalized spacial score (nSPS) is 15.9. The third kappa shape index (κ3) is 3.15. The van der Waals surface area contributed by atoms with Crippen LogP contribution in [-0.2, 0) is 5.54 Å². The molecule has 1 aromatic carbocycles. The Morgan fingerprint density at radius 2 is 1.87 bits per heavy atom. The van der Waals surface area contributed by atoms with E-state index in [4.69, 9.17) is 5.73 Å². The molecule has 1 aliphatic heterocycles. The number of rotatable bonds is 5. The number of aromatic nitrogens is 2. The van der Waals surface area contributed by atoms with Gasteiger partial charge < -0.3 is 15.2 Å². The second-order valence-corrected chi connectivity index (χ2v) is 6.83. The number of benzene rings is 1. The van der Waals surface area contributed by atoms with E-state index in [1.54, 1.807) is 6.20 Å². The summed E-state index contributed by atoms with van der Waals surface area (Å²) in [5.41, 5.74) is 7.28. The van der Waals surface area contributed by atoms with Gasteiger partial charge in [-0.15, -0.1) is 0 Å². The molecule has 23 heavy (non-hydrogen) atoms. The molecule has 2 N–H and O–H groups in total. The van der Waals surface area contributed by atoms with Crippen molar-refractivity contribution in [3.63, 3.8) is 0 Å². The Labute approximate surface area is 137 Å². The summed E-state index contributed by atoms with van der Waals surface area (Å²) in [5, 5.41) is 0. The maximum Gasteiger partial charge on any atom is 0.284 e. The van der Waals surface area contributed by atoms with Gasteiger partial charge in [0, 0.05) is 6.54 Å². The molecular formula is C18H24N4O. The molecule has 0 radical (unpaired) electrons. The van der Waals surface area contributed by atoms with E-state index in [1.165, 1.54) is 12.8 Å². The fourth-order valence-electron chi connectivity index (χ4n) is 3.51. The Morgan fingerprint density at radius 1 is 1.22 bits per heavy atom. The van der Waals surface area contributed by atoms with Crippen LogP contribution in [0.15, 0.2) is 36.5 Å². The Hall–Kier alpha value is -2.14. The third-order valence-electron chi connectivity index (χ3n) is 4.47. The molecule has 0 unspecified atom stereocenters. The molecule has 2 aromatic rings. The van der Waals surface area contributed by atoms with Crippen molar-refractivity contribution in [2.24, 2.45) is 5.73 Å². The number of carbonyl (C=O) groups is 1. The van der Waals surface area contributed by atoms with Crippen molar-refractivity contribution in [1.82, 2.24) is 14.5 Å². The van der Waals surface area contributed by atoms with Gasteiger partial charge in [0.2, 0.25) is 0 Å². The summed E-state index contributed by atoms with van der Waals surface area (Å²) in [6, 6.07) is 10.0. The summed E-state index contributed by atoms with van der Waals surface area (Å²) in [5.74, 6) is -0.158. The predicted molar refractivity (Wildman–Crippen MR) is 91.2 cm³/mol. The van der Waals surface area contributed by atoms with Crippen molar-refractivity contribution in [2.45, 2.75) is 32.2 Å². The second kappa shape index (κ2) is 6.16. The number of hydrogen-bond donors (Lipinski definition) is 1. The monoisotopic (exact) mass is 312 g/mol. The highest BCUT2D eigenvalue weighted by Gasteiger charge is 2.31. The van der Waals surface area contributed by atoms with E-state index in [9.17, 15) is 4.79 Å². The maximum absolute atomic E-state index is 11.9. The highest BCUT2D eigenvalue weighted by atomic mass is 16.1. The van der Waals surface area contributed by atoms with Gasteiger partial charge in [0.25, 0.3) is 5.91 Å². The van der Waals surface area contributed by atoms with Crippen LogP contribution in [0.3, 0.4) is 0 Å². The molecular weight excluding hydrogens is 288 g/mol. The van der Waals surface area contributed by atoms with E-state index < -0.39 is 5.91 Å². The summed E-state index contributed by atoms with van der Waals surface area (Å²) in [6.07, 6.45) is 4.24. The molecule has 1 saturated heterocycles. The lowest BCUT2D eigenvalue weighted by Crippen LogP contribution is -2.42. The van der Waals surface area contributed by atoms with Crippen molar-refractivity contribution < 1.29 is 4.79 Å². The van der Waals surface area contributed by atoms with E-state index in [2.05, 4.69) is 23.7 Å². The van der Waals surface area contributed by atoms with Crippen LogP contribution in [0, 0.1) is 0 Å². The van der Waals surface area contributed by atoms with Crippen molar-refractivity contribution >= 4 is 5.91 Å². The molecule has 1 amide bonds. The Morgan fingerprint density at radius 3 is 2.48 bits per heavy atom. The van der Waals surface area contributed by atoms with Crippen molar-refractivity contribution in [3.05, 3.63) is 42.4 Å². The van der Waals surface area contributed by atoms with E-state index in [-0.39, 0.29) is 5.54 Å². The molecule has 2 heterocycles. The van der Waals surface area contributed by atoms with Crippen LogP contribution >= 0.6 is 0 Å². The number of likely N-dealkylation sites (tertiary alicyclic amines) is 1. The minimum atomic E-state index is -0.485. The topological polar surface area (TPSA) is 64.2 Å². The van der Waals surface area contributed by atoms with E-state index in [1.807, 2.05) is 34.9 Å². The van der Waals surface area contributed by atoms with Crippen molar-refractivity contribution in [1.29, 1.82) is 0 Å². The van der Waals surface area contributed by atoms with Crippen molar-refractivity contribution in [3.8, 4) is 11.3 Å². The number of imidazole rings is 1. The number of carbonyl (C=O) groups excluding carboxylic acids is 1. The Balaban J connectivity index is 2.04. The van der Waals surface area contributed by atoms with Gasteiger partial charge in [-0.1, -0.05) is 30.3 Å². The van der Waals surface area contributed by atoms with E-state index in [0.29, 0.717) is 5.82 Å². The second-order valence-electron chi connectivity index (χ2n) is 6.83. The number of primary amides is 1. The van der Waals surface area contributed by atoms with Crippen LogP contribution in [0.25, 0.3) is 11.3 Å². The molecule has 0 spiro atoms. The van der Waals surface area contributed by atoms with Gasteiger partial charge in [-0.2, -0.15) is 0 Å². The van der Waals surface area contributed by atoms with Crippen LogP contribution in [0.2, 0.25) is 0 Å². The minimum absolute atomic E-state index is 0.267. The van der Waals surface area contributed by atoms with Gasteiger partial charge in [-0.3, -0.25) is 4.79 Å². The standard InChI is InChI=1S/C18H24N4O/c1-18(2,13-21-10-6-7-11-21)22-15(12-20-17(22)16(19)23)14-8-4-3-5-9-14/h3-5,8-9,12H,6-7,10-11,13H2,1-2H3,(H2,19,23). The first-order valence-electron chi connectivity index (χ1n) is 8.15. The number of hydrogen-bond acceptors (Lipinski definition) is 3. The predicted octanol–water partition coefficient (Wildman–Crippen LogP) is 2.48. The first-order chi connectivity index (χ1) is 11.0. The molecule has 122 valence electrons. The summed E-state index contributed by atoms with van der Waals surface area (Å²) < 4.78 is 2.00. The molecule has 5 heteroatoms. The fourth-order valence-corrected chi connectivity index (χ4v) is 3.51. The Bertz CT molecular complexity index is 684. The summed E-state index contributed by atoms with van der Waals surface area (Å²) in [6.45, 7) is 7.40. The van der Waals surface area contributed by atoms with Crippen LogP contribution in [0.1, 0.15) is 37.3 Å². The van der Waals surface area contributed by atoms with Crippen LogP contribution in [-0.4, -0.2) is 40.0 Å². The number of nitrogens with zero attached hydrogens (tertiary/aromatic N) is 3. The molecule has 0 aliphatic carbocycles. The lowest BCUT2D eigenvalue weighted by Gasteiger charge is -2.34. The molecule has 5 nitrogen and oxygen atoms in total. The molecule has 0 saturated carbocycles. The Kier molecular flexibility index (Phi) is 4.22. The molecule has 1 fully saturated rings. The van der Waals surface area contributed by atoms with Crippen LogP contribution in [0.5, 0.6) is 0 Å². The average molecular weight is 312 g/mol. The van der Waals surface area contributed by atoms with Crippen LogP contribution in [0.4, 0.5) is 0 Å². The quantitative estimate of drug-likeness (QED) is 0.922. The zero-order valence-corrected chi connectivity index (χ0v) is 13.8. The van der Waals surface area contributed by atoms with Gasteiger partial charge in [-0.05, 0) is 45.3 Å². The smallest absolute Gasteiger partial charge is 0.284 e. The molecule has 1 aliphatic rings. The SMILES string of the molecule is CC(C)(CN1CCCC1)n1c(-c2ccccc2)cnc1C(N)=O. The first kappa shape index (κ1) is 15.7. The maximum atomic E-state index is 11.9. The van der Waals surface area contributed by atoms with E-state index in [0.717, 1.165) is 30.9 Å². The summed E-state index contributed by atoms with van der Waals surface area (Å²) in [7, 11) is 0. The molecule has 1 aromatic heterocycles. The third-order valence-corrected chi connectivity index (χ3v) is 4.47. The molecule has 3 rings (SSSR count). The molecule has 0 atom stereocenters. The van der Waals surface area contributed by atoms with Gasteiger partial charge in [0.1, 0.15) is 0 Å². The largest absolute Gasteiger partial charge is 0.363 e. The first-order valence-corrected chi connectivity index (χ1v) is 8.15. The number of nitrogens with two attached hydrogens (primary N) is 1. The van der Waals surface area contributed by atoms with Crippen LogP contribution < -0.4 is 5.73 Å². The lowest BCUT2D eigenvalue weighted by molar-refractivity contribution is 0.0974. The van der Waals surface area contributed by atoms with Crippen molar-refractivity contribution in [2.75, 3.05) is 19.6 Å². The highest BCUT2D eigenvalue weighted by Crippen LogP contribution is 2.29. The molecule has 0 bridgehead atoms. The average Bonchev–Trinajstić information content (AvgIpc) is 3.16. The lowest BCUT2D eigenvalue weighted by atomic mass is 10.0.